The molecule has 5 rings (SSSR count). The van der Waals surface area contributed by atoms with E-state index >= 15 is 0 Å². The second kappa shape index (κ2) is 7.99. The summed E-state index contributed by atoms with van der Waals surface area (Å²) < 4.78 is 1.89. The molecular weight excluding hydrogens is 374 g/mol. The number of rotatable bonds is 4. The zero-order chi connectivity index (χ0) is 20.3. The first-order valence-electron chi connectivity index (χ1n) is 10.3. The van der Waals surface area contributed by atoms with Gasteiger partial charge in [-0.2, -0.15) is 5.10 Å². The maximum absolute atomic E-state index is 12.6. The van der Waals surface area contributed by atoms with E-state index in [1.165, 1.54) is 0 Å². The molecule has 1 aliphatic rings. The molecule has 30 heavy (non-hydrogen) atoms. The maximum atomic E-state index is 12.6. The highest BCUT2D eigenvalue weighted by Gasteiger charge is 2.27. The lowest BCUT2D eigenvalue weighted by Crippen LogP contribution is -2.38. The molecule has 0 unspecified atom stereocenters. The SMILES string of the molecule is O=C(Nc1ccccc1)C1CCN(c2nccn3nc(-c4ccccc4)cc23)CC1. The van der Waals surface area contributed by atoms with Gasteiger partial charge < -0.3 is 10.2 Å². The van der Waals surface area contributed by atoms with E-state index in [1.807, 2.05) is 59.2 Å². The van der Waals surface area contributed by atoms with Crippen molar-refractivity contribution in [3.05, 3.63) is 79.1 Å². The molecular formula is C24H23N5O. The van der Waals surface area contributed by atoms with Crippen LogP contribution in [0.3, 0.4) is 0 Å². The van der Waals surface area contributed by atoms with Crippen molar-refractivity contribution in [2.45, 2.75) is 12.8 Å². The number of hydrogen-bond donors (Lipinski definition) is 1. The second-order valence-electron chi connectivity index (χ2n) is 7.59. The van der Waals surface area contributed by atoms with Gasteiger partial charge in [0.1, 0.15) is 5.52 Å². The summed E-state index contributed by atoms with van der Waals surface area (Å²) in [5.41, 5.74) is 3.86. The van der Waals surface area contributed by atoms with Crippen molar-refractivity contribution >= 4 is 22.9 Å². The summed E-state index contributed by atoms with van der Waals surface area (Å²) in [6.45, 7) is 1.59. The van der Waals surface area contributed by atoms with Gasteiger partial charge in [0.05, 0.1) is 5.69 Å². The predicted molar refractivity (Wildman–Crippen MR) is 118 cm³/mol. The molecule has 1 N–H and O–H groups in total. The van der Waals surface area contributed by atoms with Crippen molar-refractivity contribution in [1.82, 2.24) is 14.6 Å². The number of nitrogens with one attached hydrogen (secondary N) is 1. The lowest BCUT2D eigenvalue weighted by Gasteiger charge is -2.32. The highest BCUT2D eigenvalue weighted by Crippen LogP contribution is 2.28. The Bertz CT molecular complexity index is 1150. The van der Waals surface area contributed by atoms with Crippen molar-refractivity contribution < 1.29 is 4.79 Å². The molecule has 1 amide bonds. The molecule has 150 valence electrons. The van der Waals surface area contributed by atoms with Gasteiger partial charge in [0, 0.05) is 42.7 Å². The number of anilines is 2. The number of benzene rings is 2. The molecule has 1 saturated heterocycles. The zero-order valence-corrected chi connectivity index (χ0v) is 16.6. The third kappa shape index (κ3) is 3.64. The Morgan fingerprint density at radius 1 is 0.967 bits per heavy atom. The van der Waals surface area contributed by atoms with E-state index in [1.54, 1.807) is 6.20 Å². The summed E-state index contributed by atoms with van der Waals surface area (Å²) >= 11 is 0. The number of hydrogen-bond acceptors (Lipinski definition) is 4. The van der Waals surface area contributed by atoms with Crippen LogP contribution in [-0.2, 0) is 4.79 Å². The predicted octanol–water partition coefficient (Wildman–Crippen LogP) is 4.25. The van der Waals surface area contributed by atoms with Gasteiger partial charge >= 0.3 is 0 Å². The van der Waals surface area contributed by atoms with Crippen LogP contribution in [0.5, 0.6) is 0 Å². The standard InChI is InChI=1S/C24H23N5O/c30-24(26-20-9-5-2-6-10-20)19-11-14-28(15-12-19)23-22-17-21(18-7-3-1-4-8-18)27-29(22)16-13-25-23/h1-10,13,16-17,19H,11-12,14-15H2,(H,26,30). The van der Waals surface area contributed by atoms with Crippen molar-refractivity contribution in [1.29, 1.82) is 0 Å². The monoisotopic (exact) mass is 397 g/mol. The summed E-state index contributed by atoms with van der Waals surface area (Å²) in [5, 5.41) is 7.74. The molecule has 2 aromatic heterocycles. The Balaban J connectivity index is 1.31. The van der Waals surface area contributed by atoms with Gasteiger partial charge in [-0.3, -0.25) is 4.79 Å². The highest BCUT2D eigenvalue weighted by atomic mass is 16.1. The largest absolute Gasteiger partial charge is 0.355 e. The number of para-hydroxylation sites is 1. The summed E-state index contributed by atoms with van der Waals surface area (Å²) in [5.74, 6) is 1.04. The number of nitrogens with zero attached hydrogens (tertiary/aromatic N) is 4. The smallest absolute Gasteiger partial charge is 0.227 e. The summed E-state index contributed by atoms with van der Waals surface area (Å²) in [6, 6.07) is 21.9. The number of amides is 1. The molecule has 0 atom stereocenters. The van der Waals surface area contributed by atoms with Gasteiger partial charge in [-0.1, -0.05) is 48.5 Å². The Morgan fingerprint density at radius 3 is 2.40 bits per heavy atom. The second-order valence-corrected chi connectivity index (χ2v) is 7.59. The Hall–Kier alpha value is -3.67. The van der Waals surface area contributed by atoms with Gasteiger partial charge in [0.2, 0.25) is 5.91 Å². The van der Waals surface area contributed by atoms with Crippen LogP contribution in [0.2, 0.25) is 0 Å². The zero-order valence-electron chi connectivity index (χ0n) is 16.6. The fraction of sp³-hybridized carbons (Fsp3) is 0.208. The molecule has 1 aliphatic heterocycles. The molecule has 3 heterocycles. The number of fused-ring (bicyclic) bond motifs is 1. The fourth-order valence-corrected chi connectivity index (χ4v) is 4.02. The van der Waals surface area contributed by atoms with E-state index in [2.05, 4.69) is 33.4 Å². The molecule has 0 saturated carbocycles. The van der Waals surface area contributed by atoms with Crippen LogP contribution in [0.15, 0.2) is 79.1 Å². The molecule has 0 aliphatic carbocycles. The molecule has 4 aromatic rings. The van der Waals surface area contributed by atoms with Crippen molar-refractivity contribution in [3.8, 4) is 11.3 Å². The van der Waals surface area contributed by atoms with Gasteiger partial charge in [-0.05, 0) is 31.0 Å². The first-order valence-corrected chi connectivity index (χ1v) is 10.3. The summed E-state index contributed by atoms with van der Waals surface area (Å²) in [6.07, 6.45) is 5.28. The van der Waals surface area contributed by atoms with E-state index in [0.717, 1.165) is 54.2 Å². The van der Waals surface area contributed by atoms with Gasteiger partial charge in [0.25, 0.3) is 0 Å². The van der Waals surface area contributed by atoms with E-state index < -0.39 is 0 Å². The minimum atomic E-state index is 0.0194. The van der Waals surface area contributed by atoms with Gasteiger partial charge in [0.15, 0.2) is 5.82 Å². The third-order valence-corrected chi connectivity index (χ3v) is 5.65. The average Bonchev–Trinajstić information content (AvgIpc) is 3.25. The average molecular weight is 397 g/mol. The summed E-state index contributed by atoms with van der Waals surface area (Å²) in [4.78, 5) is 19.5. The summed E-state index contributed by atoms with van der Waals surface area (Å²) in [7, 11) is 0. The van der Waals surface area contributed by atoms with E-state index in [4.69, 9.17) is 5.10 Å². The third-order valence-electron chi connectivity index (χ3n) is 5.65. The molecule has 6 heteroatoms. The Labute approximate surface area is 175 Å². The van der Waals surface area contributed by atoms with Crippen molar-refractivity contribution in [2.75, 3.05) is 23.3 Å². The molecule has 0 bridgehead atoms. The van der Waals surface area contributed by atoms with Crippen LogP contribution in [-0.4, -0.2) is 33.6 Å². The van der Waals surface area contributed by atoms with E-state index in [9.17, 15) is 4.79 Å². The maximum Gasteiger partial charge on any atom is 0.227 e. The quantitative estimate of drug-likeness (QED) is 0.559. The van der Waals surface area contributed by atoms with E-state index in [-0.39, 0.29) is 11.8 Å². The highest BCUT2D eigenvalue weighted by molar-refractivity contribution is 5.92. The number of aromatic nitrogens is 3. The first-order chi connectivity index (χ1) is 14.8. The molecule has 0 radical (unpaired) electrons. The van der Waals surface area contributed by atoms with Crippen molar-refractivity contribution in [3.63, 3.8) is 0 Å². The van der Waals surface area contributed by atoms with Crippen LogP contribution in [0.4, 0.5) is 11.5 Å². The molecule has 2 aromatic carbocycles. The van der Waals surface area contributed by atoms with Gasteiger partial charge in [-0.15, -0.1) is 0 Å². The Kier molecular flexibility index (Phi) is 4.89. The number of carbonyl (C=O) groups excluding carboxylic acids is 1. The molecule has 1 fully saturated rings. The van der Waals surface area contributed by atoms with E-state index in [0.29, 0.717) is 0 Å². The topological polar surface area (TPSA) is 62.5 Å². The van der Waals surface area contributed by atoms with Crippen LogP contribution in [0.25, 0.3) is 16.8 Å². The lowest BCUT2D eigenvalue weighted by molar-refractivity contribution is -0.120. The van der Waals surface area contributed by atoms with Crippen LogP contribution in [0, 0.1) is 5.92 Å². The molecule has 6 nitrogen and oxygen atoms in total. The van der Waals surface area contributed by atoms with Crippen LogP contribution in [0.1, 0.15) is 12.8 Å². The minimum absolute atomic E-state index is 0.0194. The van der Waals surface area contributed by atoms with Crippen molar-refractivity contribution in [2.24, 2.45) is 5.92 Å². The lowest BCUT2D eigenvalue weighted by atomic mass is 9.95. The first kappa shape index (κ1) is 18.4. The van der Waals surface area contributed by atoms with Crippen LogP contribution < -0.4 is 10.2 Å². The fourth-order valence-electron chi connectivity index (χ4n) is 4.02. The minimum Gasteiger partial charge on any atom is -0.355 e. The van der Waals surface area contributed by atoms with Gasteiger partial charge in [-0.25, -0.2) is 9.50 Å². The number of piperidine rings is 1. The number of carbonyl (C=O) groups is 1. The van der Waals surface area contributed by atoms with Crippen LogP contribution >= 0.6 is 0 Å². The molecule has 0 spiro atoms. The normalized spacial score (nSPS) is 14.7. The Morgan fingerprint density at radius 2 is 1.67 bits per heavy atom.